The lowest BCUT2D eigenvalue weighted by Gasteiger charge is -2.29. The molecule has 2 aromatic carbocycles. The molecule has 0 aliphatic rings. The molecule has 0 spiro atoms. The van der Waals surface area contributed by atoms with Crippen molar-refractivity contribution in [2.75, 3.05) is 30.8 Å². The van der Waals surface area contributed by atoms with E-state index in [1.165, 1.54) is 22.4 Å². The molecule has 2 rings (SSSR count). The Hall–Kier alpha value is -2.49. The average molecular weight is 545 g/mol. The summed E-state index contributed by atoms with van der Waals surface area (Å²) in [5.41, 5.74) is 1.08. The Kier molecular flexibility index (Phi) is 10.7. The molecule has 2 amide bonds. The summed E-state index contributed by atoms with van der Waals surface area (Å²) in [7, 11) is -2.17. The summed E-state index contributed by atoms with van der Waals surface area (Å²) >= 11 is 12.5. The first-order valence-corrected chi connectivity index (χ1v) is 13.7. The van der Waals surface area contributed by atoms with Gasteiger partial charge in [0.25, 0.3) is 0 Å². The molecule has 0 aliphatic carbocycles. The smallest absolute Gasteiger partial charge is 0.242 e. The number of halogens is 2. The van der Waals surface area contributed by atoms with E-state index in [-0.39, 0.29) is 42.8 Å². The van der Waals surface area contributed by atoms with E-state index in [1.54, 1.807) is 44.2 Å². The number of likely N-dealkylation sites (N-methyl/N-ethyl adjacent to an activating group) is 1. The second-order valence-electron chi connectivity index (χ2n) is 7.94. The van der Waals surface area contributed by atoms with Crippen molar-refractivity contribution < 1.29 is 22.7 Å². The highest BCUT2D eigenvalue weighted by Gasteiger charge is 2.27. The number of ether oxygens (including phenoxy) is 1. The first-order valence-electron chi connectivity index (χ1n) is 11.1. The van der Waals surface area contributed by atoms with Crippen molar-refractivity contribution in [1.82, 2.24) is 10.2 Å². The van der Waals surface area contributed by atoms with Gasteiger partial charge in [-0.05, 0) is 50.1 Å². The summed E-state index contributed by atoms with van der Waals surface area (Å²) in [6.45, 7) is 4.10. The van der Waals surface area contributed by atoms with Crippen LogP contribution in [0.25, 0.3) is 0 Å². The van der Waals surface area contributed by atoms with Gasteiger partial charge in [-0.1, -0.05) is 41.4 Å². The molecule has 0 heterocycles. The Morgan fingerprint density at radius 1 is 1.11 bits per heavy atom. The first-order chi connectivity index (χ1) is 16.5. The van der Waals surface area contributed by atoms with Crippen LogP contribution in [-0.4, -0.2) is 57.6 Å². The molecule has 0 radical (unpaired) electrons. The van der Waals surface area contributed by atoms with Gasteiger partial charge in [0.15, 0.2) is 0 Å². The number of anilines is 1. The van der Waals surface area contributed by atoms with E-state index in [0.29, 0.717) is 28.6 Å². The van der Waals surface area contributed by atoms with Gasteiger partial charge in [0, 0.05) is 31.1 Å². The number of carbonyl (C=O) groups excluding carboxylic acids is 2. The molecule has 8 nitrogen and oxygen atoms in total. The van der Waals surface area contributed by atoms with E-state index < -0.39 is 16.1 Å². The molecule has 2 aromatic rings. The van der Waals surface area contributed by atoms with Gasteiger partial charge in [-0.3, -0.25) is 13.9 Å². The van der Waals surface area contributed by atoms with Gasteiger partial charge in [-0.25, -0.2) is 8.42 Å². The van der Waals surface area contributed by atoms with Gasteiger partial charge < -0.3 is 15.0 Å². The zero-order valence-corrected chi connectivity index (χ0v) is 22.6. The maximum atomic E-state index is 13.2. The van der Waals surface area contributed by atoms with Crippen molar-refractivity contribution in [2.45, 2.75) is 39.3 Å². The molecule has 1 N–H and O–H groups in total. The minimum Gasteiger partial charge on any atom is -0.495 e. The van der Waals surface area contributed by atoms with Crippen molar-refractivity contribution in [3.8, 4) is 5.75 Å². The maximum Gasteiger partial charge on any atom is 0.242 e. The van der Waals surface area contributed by atoms with Gasteiger partial charge in [-0.2, -0.15) is 0 Å². The quantitative estimate of drug-likeness (QED) is 0.434. The molecule has 35 heavy (non-hydrogen) atoms. The number of nitrogens with one attached hydrogen (secondary N) is 1. The molecule has 0 saturated carbocycles. The minimum absolute atomic E-state index is 0.0318. The van der Waals surface area contributed by atoms with Crippen molar-refractivity contribution in [1.29, 1.82) is 0 Å². The molecule has 0 fully saturated rings. The van der Waals surface area contributed by atoms with Crippen LogP contribution in [0.15, 0.2) is 42.5 Å². The van der Waals surface area contributed by atoms with E-state index in [2.05, 4.69) is 5.32 Å². The Bertz CT molecular complexity index is 1140. The number of rotatable bonds is 12. The largest absolute Gasteiger partial charge is 0.495 e. The average Bonchev–Trinajstić information content (AvgIpc) is 2.80. The van der Waals surface area contributed by atoms with Crippen LogP contribution in [0.1, 0.15) is 32.3 Å². The van der Waals surface area contributed by atoms with Gasteiger partial charge in [0.2, 0.25) is 21.8 Å². The molecule has 0 saturated heterocycles. The fraction of sp³-hybridized carbons (Fsp3) is 0.417. The molecule has 192 valence electrons. The standard InChI is InChI=1S/C24H31Cl2N3O5S/c1-5-27-24(31)17(2)28(16-18-9-6-7-10-20(18)25)23(30)11-8-14-29(35(4,32)33)19-12-13-22(34-3)21(26)15-19/h6-7,9-10,12-13,15,17H,5,8,11,14,16H2,1-4H3,(H,27,31)/t17-/m1/s1. The molecule has 0 aliphatic heterocycles. The zero-order chi connectivity index (χ0) is 26.2. The fourth-order valence-electron chi connectivity index (χ4n) is 3.53. The summed E-state index contributed by atoms with van der Waals surface area (Å²) in [6, 6.07) is 11.1. The highest BCUT2D eigenvalue weighted by Crippen LogP contribution is 2.30. The van der Waals surface area contributed by atoms with Gasteiger partial charge in [0.1, 0.15) is 11.8 Å². The van der Waals surface area contributed by atoms with Crippen LogP contribution >= 0.6 is 23.2 Å². The molecule has 0 aromatic heterocycles. The van der Waals surface area contributed by atoms with Crippen LogP contribution in [0.5, 0.6) is 5.75 Å². The third-order valence-electron chi connectivity index (χ3n) is 5.39. The Balaban J connectivity index is 2.19. The van der Waals surface area contributed by atoms with Crippen LogP contribution in [-0.2, 0) is 26.2 Å². The lowest BCUT2D eigenvalue weighted by molar-refractivity contribution is -0.140. The third-order valence-corrected chi connectivity index (χ3v) is 7.25. The van der Waals surface area contributed by atoms with E-state index in [4.69, 9.17) is 27.9 Å². The number of nitrogens with zero attached hydrogens (tertiary/aromatic N) is 2. The Morgan fingerprint density at radius 2 is 1.80 bits per heavy atom. The summed E-state index contributed by atoms with van der Waals surface area (Å²) < 4.78 is 31.2. The van der Waals surface area contributed by atoms with Gasteiger partial charge in [0.05, 0.1) is 24.1 Å². The number of carbonyl (C=O) groups is 2. The predicted molar refractivity (Wildman–Crippen MR) is 140 cm³/mol. The highest BCUT2D eigenvalue weighted by molar-refractivity contribution is 7.92. The number of methoxy groups -OCH3 is 1. The molecule has 1 atom stereocenters. The summed E-state index contributed by atoms with van der Waals surface area (Å²) in [5.74, 6) is -0.142. The Morgan fingerprint density at radius 3 is 2.37 bits per heavy atom. The van der Waals surface area contributed by atoms with Crippen molar-refractivity contribution >= 4 is 50.7 Å². The van der Waals surface area contributed by atoms with E-state index in [9.17, 15) is 18.0 Å². The van der Waals surface area contributed by atoms with Crippen LogP contribution < -0.4 is 14.4 Å². The lowest BCUT2D eigenvalue weighted by atomic mass is 10.1. The summed E-state index contributed by atoms with van der Waals surface area (Å²) in [5, 5.41) is 3.50. The van der Waals surface area contributed by atoms with Crippen molar-refractivity contribution in [2.24, 2.45) is 0 Å². The first kappa shape index (κ1) is 28.7. The normalized spacial score (nSPS) is 12.1. The molecular formula is C24H31Cl2N3O5S. The SMILES string of the molecule is CCNC(=O)[C@@H](C)N(Cc1ccccc1Cl)C(=O)CCCN(c1ccc(OC)c(Cl)c1)S(C)(=O)=O. The van der Waals surface area contributed by atoms with Crippen LogP contribution in [0.3, 0.4) is 0 Å². The highest BCUT2D eigenvalue weighted by atomic mass is 35.5. The van der Waals surface area contributed by atoms with Crippen molar-refractivity contribution in [3.05, 3.63) is 58.1 Å². The fourth-order valence-corrected chi connectivity index (χ4v) is 4.93. The molecule has 11 heteroatoms. The second kappa shape index (κ2) is 13.0. The number of hydrogen-bond donors (Lipinski definition) is 1. The van der Waals surface area contributed by atoms with E-state index in [0.717, 1.165) is 6.26 Å². The van der Waals surface area contributed by atoms with E-state index in [1.807, 2.05) is 6.07 Å². The maximum absolute atomic E-state index is 13.2. The number of benzene rings is 2. The summed E-state index contributed by atoms with van der Waals surface area (Å²) in [6.07, 6.45) is 1.36. The third kappa shape index (κ3) is 8.02. The lowest BCUT2D eigenvalue weighted by Crippen LogP contribution is -2.47. The zero-order valence-electron chi connectivity index (χ0n) is 20.3. The molecule has 0 unspecified atom stereocenters. The monoisotopic (exact) mass is 543 g/mol. The number of sulfonamides is 1. The molecule has 0 bridgehead atoms. The van der Waals surface area contributed by atoms with Crippen molar-refractivity contribution in [3.63, 3.8) is 0 Å². The molecular weight excluding hydrogens is 513 g/mol. The number of amides is 2. The second-order valence-corrected chi connectivity index (χ2v) is 10.7. The predicted octanol–water partition coefficient (Wildman–Crippen LogP) is 4.10. The topological polar surface area (TPSA) is 96.0 Å². The van der Waals surface area contributed by atoms with Crippen LogP contribution in [0, 0.1) is 0 Å². The van der Waals surface area contributed by atoms with Crippen LogP contribution in [0.2, 0.25) is 10.0 Å². The van der Waals surface area contributed by atoms with Crippen LogP contribution in [0.4, 0.5) is 5.69 Å². The van der Waals surface area contributed by atoms with Gasteiger partial charge >= 0.3 is 0 Å². The Labute approximate surface area is 217 Å². The van der Waals surface area contributed by atoms with Gasteiger partial charge in [-0.15, -0.1) is 0 Å². The minimum atomic E-state index is -3.64. The number of hydrogen-bond acceptors (Lipinski definition) is 5. The van der Waals surface area contributed by atoms with E-state index >= 15 is 0 Å². The summed E-state index contributed by atoms with van der Waals surface area (Å²) in [4.78, 5) is 27.2.